The van der Waals surface area contributed by atoms with Crippen LogP contribution in [0.2, 0.25) is 0 Å². The van der Waals surface area contributed by atoms with Gasteiger partial charge in [0, 0.05) is 6.54 Å². The Kier molecular flexibility index (Phi) is 10.6. The molecule has 1 unspecified atom stereocenters. The second-order valence-electron chi connectivity index (χ2n) is 5.64. The molecule has 0 saturated carbocycles. The third-order valence-electron chi connectivity index (χ3n) is 4.41. The Morgan fingerprint density at radius 2 is 1.57 bits per heavy atom. The van der Waals surface area contributed by atoms with Gasteiger partial charge in [0.05, 0.1) is 7.11 Å². The molecule has 0 heterocycles. The van der Waals surface area contributed by atoms with Crippen LogP contribution in [0.3, 0.4) is 0 Å². The van der Waals surface area contributed by atoms with E-state index in [0.717, 1.165) is 45.7 Å². The fraction of sp³-hybridized carbons (Fsp3) is 0.938. The molecule has 0 aromatic rings. The number of hydrogen-bond acceptors (Lipinski definition) is 5. The molecule has 0 bridgehead atoms. The van der Waals surface area contributed by atoms with Gasteiger partial charge in [-0.05, 0) is 59.5 Å². The monoisotopic (exact) mass is 301 g/mol. The summed E-state index contributed by atoms with van der Waals surface area (Å²) in [5, 5.41) is 3.09. The van der Waals surface area contributed by atoms with Crippen LogP contribution in [-0.2, 0) is 9.53 Å². The lowest BCUT2D eigenvalue weighted by atomic mass is 9.98. The second-order valence-corrected chi connectivity index (χ2v) is 5.64. The first-order chi connectivity index (χ1) is 9.97. The lowest BCUT2D eigenvalue weighted by Gasteiger charge is -2.30. The van der Waals surface area contributed by atoms with E-state index in [-0.39, 0.29) is 5.97 Å². The molecule has 0 aliphatic heterocycles. The molecule has 126 valence electrons. The first-order valence-electron chi connectivity index (χ1n) is 8.19. The van der Waals surface area contributed by atoms with Gasteiger partial charge in [0.1, 0.15) is 5.54 Å². The highest BCUT2D eigenvalue weighted by Crippen LogP contribution is 2.12. The summed E-state index contributed by atoms with van der Waals surface area (Å²) in [6.07, 6.45) is 1.93. The van der Waals surface area contributed by atoms with Crippen molar-refractivity contribution >= 4 is 5.97 Å². The number of esters is 1. The third kappa shape index (κ3) is 7.25. The van der Waals surface area contributed by atoms with Gasteiger partial charge in [0.15, 0.2) is 0 Å². The highest BCUT2D eigenvalue weighted by molar-refractivity contribution is 5.80. The van der Waals surface area contributed by atoms with Crippen LogP contribution in [-0.4, -0.2) is 74.7 Å². The number of ether oxygens (including phenoxy) is 1. The van der Waals surface area contributed by atoms with E-state index in [0.29, 0.717) is 0 Å². The Morgan fingerprint density at radius 1 is 1.05 bits per heavy atom. The smallest absolute Gasteiger partial charge is 0.325 e. The number of hydrogen-bond donors (Lipinski definition) is 1. The summed E-state index contributed by atoms with van der Waals surface area (Å²) in [5.74, 6) is -0.191. The maximum Gasteiger partial charge on any atom is 0.325 e. The fourth-order valence-electron chi connectivity index (χ4n) is 2.42. The number of carbonyl (C=O) groups excluding carboxylic acids is 1. The fourth-order valence-corrected chi connectivity index (χ4v) is 2.42. The SMILES string of the molecule is CCN(CC)CCCN(CC)CCC(C)(NC)C(=O)OC. The van der Waals surface area contributed by atoms with Crippen LogP contribution in [0.15, 0.2) is 0 Å². The van der Waals surface area contributed by atoms with Gasteiger partial charge in [-0.1, -0.05) is 20.8 Å². The lowest BCUT2D eigenvalue weighted by molar-refractivity contribution is -0.148. The molecule has 5 heteroatoms. The van der Waals surface area contributed by atoms with Crippen molar-refractivity contribution in [2.24, 2.45) is 0 Å². The highest BCUT2D eigenvalue weighted by atomic mass is 16.5. The first-order valence-corrected chi connectivity index (χ1v) is 8.19. The van der Waals surface area contributed by atoms with Crippen LogP contribution in [0, 0.1) is 0 Å². The van der Waals surface area contributed by atoms with Crippen LogP contribution in [0.25, 0.3) is 0 Å². The van der Waals surface area contributed by atoms with E-state index in [1.54, 1.807) is 0 Å². The van der Waals surface area contributed by atoms with Crippen LogP contribution in [0.4, 0.5) is 0 Å². The topological polar surface area (TPSA) is 44.8 Å². The van der Waals surface area contributed by atoms with Gasteiger partial charge in [0.25, 0.3) is 0 Å². The second kappa shape index (κ2) is 11.0. The van der Waals surface area contributed by atoms with Crippen LogP contribution >= 0.6 is 0 Å². The van der Waals surface area contributed by atoms with Gasteiger partial charge in [-0.3, -0.25) is 4.79 Å². The average molecular weight is 301 g/mol. The van der Waals surface area contributed by atoms with E-state index in [4.69, 9.17) is 4.74 Å². The summed E-state index contributed by atoms with van der Waals surface area (Å²) < 4.78 is 4.89. The largest absolute Gasteiger partial charge is 0.468 e. The Hall–Kier alpha value is -0.650. The Labute approximate surface area is 131 Å². The van der Waals surface area contributed by atoms with Crippen molar-refractivity contribution in [2.75, 3.05) is 53.4 Å². The molecule has 0 rings (SSSR count). The normalized spacial score (nSPS) is 14.5. The quantitative estimate of drug-likeness (QED) is 0.555. The first kappa shape index (κ1) is 20.3. The summed E-state index contributed by atoms with van der Waals surface area (Å²) in [4.78, 5) is 16.7. The summed E-state index contributed by atoms with van der Waals surface area (Å²) in [7, 11) is 3.26. The minimum atomic E-state index is -0.596. The van der Waals surface area contributed by atoms with Gasteiger partial charge in [0.2, 0.25) is 0 Å². The van der Waals surface area contributed by atoms with Crippen LogP contribution in [0.5, 0.6) is 0 Å². The Bertz CT molecular complexity index is 283. The Morgan fingerprint density at radius 3 is 2.00 bits per heavy atom. The zero-order valence-electron chi connectivity index (χ0n) is 14.9. The minimum Gasteiger partial charge on any atom is -0.468 e. The van der Waals surface area contributed by atoms with Crippen LogP contribution in [0.1, 0.15) is 40.5 Å². The van der Waals surface area contributed by atoms with E-state index in [1.165, 1.54) is 13.5 Å². The number of carbonyl (C=O) groups is 1. The minimum absolute atomic E-state index is 0.191. The molecular formula is C16H35N3O2. The standard InChI is InChI=1S/C16H35N3O2/c1-7-18(8-2)12-10-13-19(9-3)14-11-16(4,17-5)15(20)21-6/h17H,7-14H2,1-6H3. The Balaban J connectivity index is 4.22. The van der Waals surface area contributed by atoms with Gasteiger partial charge in [-0.2, -0.15) is 0 Å². The molecule has 0 spiro atoms. The number of likely N-dealkylation sites (N-methyl/N-ethyl adjacent to an activating group) is 1. The molecule has 1 atom stereocenters. The highest BCUT2D eigenvalue weighted by Gasteiger charge is 2.32. The molecule has 0 saturated heterocycles. The van der Waals surface area contributed by atoms with Crippen molar-refractivity contribution in [3.8, 4) is 0 Å². The lowest BCUT2D eigenvalue weighted by Crippen LogP contribution is -2.50. The van der Waals surface area contributed by atoms with Crippen molar-refractivity contribution in [3.63, 3.8) is 0 Å². The molecule has 0 aliphatic rings. The molecule has 0 radical (unpaired) electrons. The van der Waals surface area contributed by atoms with Gasteiger partial charge in [-0.25, -0.2) is 0 Å². The van der Waals surface area contributed by atoms with E-state index < -0.39 is 5.54 Å². The van der Waals surface area contributed by atoms with E-state index in [2.05, 4.69) is 35.9 Å². The molecule has 0 aromatic heterocycles. The maximum atomic E-state index is 11.8. The maximum absolute atomic E-state index is 11.8. The van der Waals surface area contributed by atoms with E-state index in [1.807, 2.05) is 14.0 Å². The number of nitrogens with zero attached hydrogens (tertiary/aromatic N) is 2. The molecule has 0 fully saturated rings. The predicted octanol–water partition coefficient (Wildman–Crippen LogP) is 1.58. The third-order valence-corrected chi connectivity index (χ3v) is 4.41. The van der Waals surface area contributed by atoms with E-state index >= 15 is 0 Å². The zero-order valence-corrected chi connectivity index (χ0v) is 14.9. The van der Waals surface area contributed by atoms with Gasteiger partial charge >= 0.3 is 5.97 Å². The molecule has 21 heavy (non-hydrogen) atoms. The zero-order chi connectivity index (χ0) is 16.3. The summed E-state index contributed by atoms with van der Waals surface area (Å²) in [6, 6.07) is 0. The van der Waals surface area contributed by atoms with Gasteiger partial charge in [-0.15, -0.1) is 0 Å². The molecule has 5 nitrogen and oxygen atoms in total. The van der Waals surface area contributed by atoms with Crippen LogP contribution < -0.4 is 5.32 Å². The molecule has 0 aromatic carbocycles. The number of rotatable bonds is 12. The molecule has 0 aliphatic carbocycles. The van der Waals surface area contributed by atoms with E-state index in [9.17, 15) is 4.79 Å². The molecule has 1 N–H and O–H groups in total. The summed E-state index contributed by atoms with van der Waals surface area (Å²) >= 11 is 0. The summed E-state index contributed by atoms with van der Waals surface area (Å²) in [6.45, 7) is 14.9. The van der Waals surface area contributed by atoms with Crippen molar-refractivity contribution in [1.82, 2.24) is 15.1 Å². The van der Waals surface area contributed by atoms with Crippen molar-refractivity contribution in [3.05, 3.63) is 0 Å². The number of nitrogens with one attached hydrogen (secondary N) is 1. The molecular weight excluding hydrogens is 266 g/mol. The van der Waals surface area contributed by atoms with Crippen molar-refractivity contribution in [2.45, 2.75) is 46.1 Å². The van der Waals surface area contributed by atoms with Gasteiger partial charge < -0.3 is 19.9 Å². The summed E-state index contributed by atoms with van der Waals surface area (Å²) in [5.41, 5.74) is -0.596. The number of methoxy groups -OCH3 is 1. The van der Waals surface area contributed by atoms with Crippen molar-refractivity contribution in [1.29, 1.82) is 0 Å². The molecule has 0 amide bonds. The van der Waals surface area contributed by atoms with Crippen molar-refractivity contribution < 1.29 is 9.53 Å². The average Bonchev–Trinajstić information content (AvgIpc) is 2.53. The predicted molar refractivity (Wildman–Crippen MR) is 88.6 cm³/mol.